The van der Waals surface area contributed by atoms with Gasteiger partial charge in [0.2, 0.25) is 5.91 Å². The molecular formula is C19H16ClN5O2. The van der Waals surface area contributed by atoms with Crippen LogP contribution in [0.1, 0.15) is 11.1 Å². The Bertz CT molecular complexity index is 1260. The van der Waals surface area contributed by atoms with Gasteiger partial charge >= 0.3 is 5.69 Å². The van der Waals surface area contributed by atoms with Crippen molar-refractivity contribution in [2.75, 3.05) is 5.32 Å². The highest BCUT2D eigenvalue weighted by atomic mass is 35.5. The minimum atomic E-state index is -0.425. The molecule has 4 aromatic rings. The molecule has 1 N–H and O–H groups in total. The number of hydrogen-bond donors (Lipinski definition) is 1. The molecule has 2 aromatic heterocycles. The summed E-state index contributed by atoms with van der Waals surface area (Å²) in [5.74, 6) is -0.389. The third-order valence-corrected chi connectivity index (χ3v) is 4.66. The number of para-hydroxylation sites is 1. The molecule has 2 heterocycles. The largest absolute Gasteiger partial charge is 0.352 e. The molecule has 0 aliphatic rings. The number of amides is 1. The Morgan fingerprint density at radius 3 is 2.81 bits per heavy atom. The summed E-state index contributed by atoms with van der Waals surface area (Å²) >= 11 is 6.14. The number of hydrogen-bond acceptors (Lipinski definition) is 4. The van der Waals surface area contributed by atoms with E-state index in [0.29, 0.717) is 16.4 Å². The smallest absolute Gasteiger partial charge is 0.323 e. The van der Waals surface area contributed by atoms with Crippen molar-refractivity contribution in [3.05, 3.63) is 69.4 Å². The molecule has 0 saturated carbocycles. The predicted molar refractivity (Wildman–Crippen MR) is 104 cm³/mol. The van der Waals surface area contributed by atoms with Crippen LogP contribution in [-0.4, -0.2) is 25.1 Å². The lowest BCUT2D eigenvalue weighted by molar-refractivity contribution is -0.117. The fraction of sp³-hybridized carbons (Fsp3) is 0.158. The van der Waals surface area contributed by atoms with Gasteiger partial charge in [-0.25, -0.2) is 18.9 Å². The molecule has 0 atom stereocenters. The Morgan fingerprint density at radius 2 is 2.04 bits per heavy atom. The van der Waals surface area contributed by atoms with E-state index < -0.39 is 5.69 Å². The van der Waals surface area contributed by atoms with Crippen LogP contribution in [0, 0.1) is 13.8 Å². The summed E-state index contributed by atoms with van der Waals surface area (Å²) in [5, 5.41) is 8.24. The second kappa shape index (κ2) is 6.51. The lowest BCUT2D eigenvalue weighted by Gasteiger charge is -2.07. The molecule has 1 amide bonds. The standard InChI is InChI=1S/C19H16ClN5O2/c1-11-6-7-15(14(20)8-11)22-16(26)9-25-19(27)24-10-21-17-12(2)4-3-5-13(17)18(24)23-25/h3-8,10H,9H2,1-2H3,(H,22,26). The second-order valence-corrected chi connectivity index (χ2v) is 6.79. The summed E-state index contributed by atoms with van der Waals surface area (Å²) in [7, 11) is 0. The van der Waals surface area contributed by atoms with Crippen LogP contribution < -0.4 is 11.0 Å². The molecule has 0 fully saturated rings. The van der Waals surface area contributed by atoms with Crippen LogP contribution in [0.25, 0.3) is 16.6 Å². The van der Waals surface area contributed by atoms with E-state index in [1.54, 1.807) is 12.1 Å². The van der Waals surface area contributed by atoms with Gasteiger partial charge in [0.05, 0.1) is 16.2 Å². The van der Waals surface area contributed by atoms with E-state index in [9.17, 15) is 9.59 Å². The first-order chi connectivity index (χ1) is 12.9. The van der Waals surface area contributed by atoms with Gasteiger partial charge < -0.3 is 5.32 Å². The molecule has 2 aromatic carbocycles. The van der Waals surface area contributed by atoms with E-state index in [0.717, 1.165) is 26.7 Å². The number of aromatic nitrogens is 4. The average molecular weight is 382 g/mol. The molecule has 0 bridgehead atoms. The van der Waals surface area contributed by atoms with Gasteiger partial charge in [-0.2, -0.15) is 0 Å². The average Bonchev–Trinajstić information content (AvgIpc) is 2.94. The fourth-order valence-corrected chi connectivity index (χ4v) is 3.27. The summed E-state index contributed by atoms with van der Waals surface area (Å²) in [6.45, 7) is 3.63. The van der Waals surface area contributed by atoms with E-state index >= 15 is 0 Å². The van der Waals surface area contributed by atoms with Crippen LogP contribution in [0.3, 0.4) is 0 Å². The number of benzene rings is 2. The van der Waals surface area contributed by atoms with E-state index in [4.69, 9.17) is 11.6 Å². The Kier molecular flexibility index (Phi) is 4.16. The van der Waals surface area contributed by atoms with Crippen LogP contribution in [0.2, 0.25) is 5.02 Å². The summed E-state index contributed by atoms with van der Waals surface area (Å²) in [4.78, 5) is 29.3. The van der Waals surface area contributed by atoms with Gasteiger partial charge in [-0.05, 0) is 43.2 Å². The lowest BCUT2D eigenvalue weighted by atomic mass is 10.1. The maximum absolute atomic E-state index is 12.6. The first kappa shape index (κ1) is 17.2. The Labute approximate surface area is 159 Å². The third kappa shape index (κ3) is 3.06. The van der Waals surface area contributed by atoms with Gasteiger partial charge in [-0.3, -0.25) is 4.79 Å². The van der Waals surface area contributed by atoms with E-state index in [2.05, 4.69) is 15.4 Å². The molecule has 0 aliphatic carbocycles. The summed E-state index contributed by atoms with van der Waals surface area (Å²) in [5.41, 5.74) is 3.29. The SMILES string of the molecule is Cc1ccc(NC(=O)Cn2nc3c4cccc(C)c4ncn3c2=O)c(Cl)c1. The van der Waals surface area contributed by atoms with E-state index in [1.807, 2.05) is 38.1 Å². The van der Waals surface area contributed by atoms with Gasteiger partial charge in [0, 0.05) is 5.39 Å². The molecule has 4 rings (SSSR count). The normalized spacial score (nSPS) is 11.2. The Hall–Kier alpha value is -3.19. The van der Waals surface area contributed by atoms with Crippen molar-refractivity contribution in [1.82, 2.24) is 19.2 Å². The van der Waals surface area contributed by atoms with Crippen LogP contribution in [0.4, 0.5) is 5.69 Å². The minimum Gasteiger partial charge on any atom is -0.323 e. The van der Waals surface area contributed by atoms with Crippen molar-refractivity contribution in [2.45, 2.75) is 20.4 Å². The molecule has 7 nitrogen and oxygen atoms in total. The van der Waals surface area contributed by atoms with Gasteiger partial charge in [-0.1, -0.05) is 29.8 Å². The van der Waals surface area contributed by atoms with Gasteiger partial charge in [0.15, 0.2) is 5.65 Å². The number of rotatable bonds is 3. The zero-order chi connectivity index (χ0) is 19.1. The lowest BCUT2D eigenvalue weighted by Crippen LogP contribution is -2.28. The van der Waals surface area contributed by atoms with Crippen LogP contribution in [0.5, 0.6) is 0 Å². The highest BCUT2D eigenvalue weighted by Gasteiger charge is 2.15. The Balaban J connectivity index is 1.68. The quantitative estimate of drug-likeness (QED) is 0.591. The number of halogens is 1. The van der Waals surface area contributed by atoms with E-state index in [-0.39, 0.29) is 12.5 Å². The maximum Gasteiger partial charge on any atom is 0.352 e. The number of nitrogens with one attached hydrogen (secondary N) is 1. The summed E-state index contributed by atoms with van der Waals surface area (Å²) < 4.78 is 2.46. The Morgan fingerprint density at radius 1 is 1.22 bits per heavy atom. The highest BCUT2D eigenvalue weighted by molar-refractivity contribution is 6.33. The summed E-state index contributed by atoms with van der Waals surface area (Å²) in [6, 6.07) is 11.0. The predicted octanol–water partition coefficient (Wildman–Crippen LogP) is 2.95. The van der Waals surface area contributed by atoms with Gasteiger partial charge in [-0.15, -0.1) is 5.10 Å². The first-order valence-corrected chi connectivity index (χ1v) is 8.71. The minimum absolute atomic E-state index is 0.224. The monoisotopic (exact) mass is 381 g/mol. The molecule has 0 unspecified atom stereocenters. The number of carbonyl (C=O) groups is 1. The number of aryl methyl sites for hydroxylation is 2. The molecule has 27 heavy (non-hydrogen) atoms. The number of fused-ring (bicyclic) bond motifs is 3. The number of nitrogens with zero attached hydrogens (tertiary/aromatic N) is 4. The third-order valence-electron chi connectivity index (χ3n) is 4.34. The highest BCUT2D eigenvalue weighted by Crippen LogP contribution is 2.22. The number of anilines is 1. The van der Waals surface area contributed by atoms with Crippen molar-refractivity contribution in [2.24, 2.45) is 0 Å². The van der Waals surface area contributed by atoms with Crippen LogP contribution in [0.15, 0.2) is 47.5 Å². The molecule has 0 aliphatic heterocycles. The van der Waals surface area contributed by atoms with Crippen LogP contribution >= 0.6 is 11.6 Å². The molecule has 0 spiro atoms. The second-order valence-electron chi connectivity index (χ2n) is 6.38. The maximum atomic E-state index is 12.6. The van der Waals surface area contributed by atoms with Gasteiger partial charge in [0.25, 0.3) is 0 Å². The van der Waals surface area contributed by atoms with Crippen molar-refractivity contribution in [1.29, 1.82) is 0 Å². The van der Waals surface area contributed by atoms with Crippen molar-refractivity contribution in [3.8, 4) is 0 Å². The zero-order valence-electron chi connectivity index (χ0n) is 14.7. The summed E-state index contributed by atoms with van der Waals surface area (Å²) in [6.07, 6.45) is 1.44. The molecule has 0 radical (unpaired) electrons. The fourth-order valence-electron chi connectivity index (χ4n) is 2.98. The zero-order valence-corrected chi connectivity index (χ0v) is 15.5. The molecular weight excluding hydrogens is 366 g/mol. The molecule has 8 heteroatoms. The van der Waals surface area contributed by atoms with Crippen LogP contribution in [-0.2, 0) is 11.3 Å². The number of carbonyl (C=O) groups excluding carboxylic acids is 1. The first-order valence-electron chi connectivity index (χ1n) is 8.33. The van der Waals surface area contributed by atoms with Crippen molar-refractivity contribution < 1.29 is 4.79 Å². The molecule has 0 saturated heterocycles. The van der Waals surface area contributed by atoms with Crippen molar-refractivity contribution >= 4 is 39.7 Å². The molecule has 136 valence electrons. The topological polar surface area (TPSA) is 81.3 Å². The van der Waals surface area contributed by atoms with Gasteiger partial charge in [0.1, 0.15) is 12.9 Å². The van der Waals surface area contributed by atoms with E-state index in [1.165, 1.54) is 10.7 Å². The van der Waals surface area contributed by atoms with Crippen molar-refractivity contribution in [3.63, 3.8) is 0 Å².